The highest BCUT2D eigenvalue weighted by Crippen LogP contribution is 2.25. The highest BCUT2D eigenvalue weighted by Gasteiger charge is 2.33. The summed E-state index contributed by atoms with van der Waals surface area (Å²) < 4.78 is 33.4. The van der Waals surface area contributed by atoms with Crippen LogP contribution in [0.25, 0.3) is 0 Å². The van der Waals surface area contributed by atoms with Crippen molar-refractivity contribution in [1.82, 2.24) is 10.0 Å². The maximum atomic E-state index is 12.4. The molecule has 1 atom stereocenters. The van der Waals surface area contributed by atoms with Crippen molar-refractivity contribution in [3.8, 4) is 0 Å². The van der Waals surface area contributed by atoms with Crippen LogP contribution in [0.1, 0.15) is 31.6 Å². The van der Waals surface area contributed by atoms with E-state index in [-0.39, 0.29) is 0 Å². The highest BCUT2D eigenvalue weighted by molar-refractivity contribution is 7.91. The van der Waals surface area contributed by atoms with Gasteiger partial charge in [-0.2, -0.15) is 0 Å². The van der Waals surface area contributed by atoms with Crippen LogP contribution in [0.5, 0.6) is 0 Å². The third-order valence-electron chi connectivity index (χ3n) is 3.27. The van der Waals surface area contributed by atoms with Gasteiger partial charge in [0, 0.05) is 18.0 Å². The minimum Gasteiger partial charge on any atom is -0.380 e. The van der Waals surface area contributed by atoms with Gasteiger partial charge in [-0.1, -0.05) is 6.92 Å². The number of hydrogen-bond acceptors (Lipinski definition) is 5. The number of thiophene rings is 1. The maximum Gasteiger partial charge on any atom is 0.250 e. The Morgan fingerprint density at radius 1 is 1.45 bits per heavy atom. The number of sulfonamides is 1. The molecule has 0 saturated carbocycles. The lowest BCUT2D eigenvalue weighted by molar-refractivity contribution is 0.0387. The highest BCUT2D eigenvalue weighted by atomic mass is 32.2. The lowest BCUT2D eigenvalue weighted by Crippen LogP contribution is -2.51. The van der Waals surface area contributed by atoms with Gasteiger partial charge in [-0.3, -0.25) is 0 Å². The molecule has 0 amide bonds. The van der Waals surface area contributed by atoms with Crippen molar-refractivity contribution >= 4 is 21.4 Å². The summed E-state index contributed by atoms with van der Waals surface area (Å²) in [4.78, 5) is 1.03. The van der Waals surface area contributed by atoms with Gasteiger partial charge in [0.1, 0.15) is 4.21 Å². The predicted octanol–water partition coefficient (Wildman–Crippen LogP) is 1.70. The van der Waals surface area contributed by atoms with Gasteiger partial charge in [-0.15, -0.1) is 11.3 Å². The van der Waals surface area contributed by atoms with Gasteiger partial charge >= 0.3 is 0 Å². The molecule has 1 aliphatic heterocycles. The summed E-state index contributed by atoms with van der Waals surface area (Å²) in [6, 6.07) is 3.54. The molecule has 0 spiro atoms. The van der Waals surface area contributed by atoms with Crippen LogP contribution in [-0.2, 0) is 21.3 Å². The summed E-state index contributed by atoms with van der Waals surface area (Å²) in [6.07, 6.45) is 1.69. The zero-order chi connectivity index (χ0) is 14.6. The summed E-state index contributed by atoms with van der Waals surface area (Å²) >= 11 is 1.31. The Bertz CT molecular complexity index is 534. The first kappa shape index (κ1) is 15.9. The van der Waals surface area contributed by atoms with E-state index in [4.69, 9.17) is 4.74 Å². The van der Waals surface area contributed by atoms with Crippen molar-refractivity contribution in [3.05, 3.63) is 17.0 Å². The molecule has 2 rings (SSSR count). The largest absolute Gasteiger partial charge is 0.380 e. The monoisotopic (exact) mass is 318 g/mol. The zero-order valence-electron chi connectivity index (χ0n) is 11.9. The number of ether oxygens (including phenoxy) is 1. The second kappa shape index (κ2) is 6.53. The van der Waals surface area contributed by atoms with Crippen LogP contribution in [0, 0.1) is 0 Å². The molecule has 1 aromatic rings. The van der Waals surface area contributed by atoms with E-state index in [1.54, 1.807) is 6.07 Å². The molecule has 20 heavy (non-hydrogen) atoms. The van der Waals surface area contributed by atoms with E-state index in [2.05, 4.69) is 10.0 Å². The molecule has 1 saturated heterocycles. The molecule has 1 aliphatic rings. The zero-order valence-corrected chi connectivity index (χ0v) is 13.6. The van der Waals surface area contributed by atoms with Crippen molar-refractivity contribution in [2.24, 2.45) is 0 Å². The van der Waals surface area contributed by atoms with Gasteiger partial charge in [-0.25, -0.2) is 13.1 Å². The lowest BCUT2D eigenvalue weighted by atomic mass is 9.97. The Morgan fingerprint density at radius 2 is 2.25 bits per heavy atom. The molecule has 1 fully saturated rings. The number of nitrogens with one attached hydrogen (secondary N) is 2. The van der Waals surface area contributed by atoms with Crippen molar-refractivity contribution in [2.45, 2.75) is 43.0 Å². The smallest absolute Gasteiger partial charge is 0.250 e. The van der Waals surface area contributed by atoms with E-state index >= 15 is 0 Å². The molecule has 7 heteroatoms. The molecule has 0 radical (unpaired) electrons. The third-order valence-corrected chi connectivity index (χ3v) is 6.49. The Morgan fingerprint density at radius 3 is 2.90 bits per heavy atom. The molecule has 2 heterocycles. The average molecular weight is 318 g/mol. The SMILES string of the molecule is CCNCc1ccc(S(=O)(=O)NC2(C)CCCOC2)s1. The fourth-order valence-electron chi connectivity index (χ4n) is 2.24. The van der Waals surface area contributed by atoms with Crippen LogP contribution in [0.3, 0.4) is 0 Å². The van der Waals surface area contributed by atoms with Gasteiger partial charge < -0.3 is 10.1 Å². The Labute approximate surface area is 124 Å². The first-order valence-electron chi connectivity index (χ1n) is 6.86. The topological polar surface area (TPSA) is 67.4 Å². The molecule has 0 aromatic carbocycles. The summed E-state index contributed by atoms with van der Waals surface area (Å²) in [7, 11) is -3.46. The molecule has 2 N–H and O–H groups in total. The van der Waals surface area contributed by atoms with Crippen molar-refractivity contribution in [3.63, 3.8) is 0 Å². The van der Waals surface area contributed by atoms with E-state index in [0.29, 0.717) is 24.0 Å². The van der Waals surface area contributed by atoms with Gasteiger partial charge in [0.05, 0.1) is 12.1 Å². The van der Waals surface area contributed by atoms with Gasteiger partial charge in [-0.05, 0) is 38.4 Å². The van der Waals surface area contributed by atoms with Gasteiger partial charge in [0.2, 0.25) is 0 Å². The maximum absolute atomic E-state index is 12.4. The molecular formula is C13H22N2O3S2. The molecular weight excluding hydrogens is 296 g/mol. The minimum absolute atomic E-state index is 0.372. The van der Waals surface area contributed by atoms with Crippen molar-refractivity contribution in [2.75, 3.05) is 19.8 Å². The van der Waals surface area contributed by atoms with Gasteiger partial charge in [0.15, 0.2) is 0 Å². The standard InChI is InChI=1S/C13H22N2O3S2/c1-3-14-9-11-5-6-12(19-11)20(16,17)15-13(2)7-4-8-18-10-13/h5-6,14-15H,3-4,7-10H2,1-2H3. The Balaban J connectivity index is 2.07. The number of rotatable bonds is 6. The summed E-state index contributed by atoms with van der Waals surface area (Å²) in [5.74, 6) is 0. The van der Waals surface area contributed by atoms with Crippen molar-refractivity contribution < 1.29 is 13.2 Å². The molecule has 5 nitrogen and oxygen atoms in total. The fourth-order valence-corrected chi connectivity index (χ4v) is 4.98. The minimum atomic E-state index is -3.46. The van der Waals surface area contributed by atoms with E-state index in [0.717, 1.165) is 24.3 Å². The lowest BCUT2D eigenvalue weighted by Gasteiger charge is -2.33. The normalized spacial score (nSPS) is 23.9. The molecule has 0 aliphatic carbocycles. The van der Waals surface area contributed by atoms with Crippen LogP contribution in [-0.4, -0.2) is 33.7 Å². The van der Waals surface area contributed by atoms with E-state index < -0.39 is 15.6 Å². The quantitative estimate of drug-likeness (QED) is 0.838. The van der Waals surface area contributed by atoms with Crippen LogP contribution < -0.4 is 10.0 Å². The molecule has 114 valence electrons. The second-order valence-corrected chi connectivity index (χ2v) is 8.40. The summed E-state index contributed by atoms with van der Waals surface area (Å²) in [5.41, 5.74) is -0.497. The average Bonchev–Trinajstić information content (AvgIpc) is 2.85. The molecule has 1 aromatic heterocycles. The number of hydrogen-bond donors (Lipinski definition) is 2. The molecule has 1 unspecified atom stereocenters. The fraction of sp³-hybridized carbons (Fsp3) is 0.692. The van der Waals surface area contributed by atoms with Crippen LogP contribution >= 0.6 is 11.3 Å². The molecule has 0 bridgehead atoms. The van der Waals surface area contributed by atoms with Gasteiger partial charge in [0.25, 0.3) is 10.0 Å². The Hall–Kier alpha value is -0.470. The predicted molar refractivity (Wildman–Crippen MR) is 80.5 cm³/mol. The van der Waals surface area contributed by atoms with E-state index in [1.165, 1.54) is 11.3 Å². The van der Waals surface area contributed by atoms with Crippen molar-refractivity contribution in [1.29, 1.82) is 0 Å². The second-order valence-electron chi connectivity index (χ2n) is 5.32. The third kappa shape index (κ3) is 4.02. The van der Waals surface area contributed by atoms with Crippen LogP contribution in [0.2, 0.25) is 0 Å². The van der Waals surface area contributed by atoms with Crippen LogP contribution in [0.4, 0.5) is 0 Å². The van der Waals surface area contributed by atoms with Crippen LogP contribution in [0.15, 0.2) is 16.3 Å². The summed E-state index contributed by atoms with van der Waals surface area (Å²) in [6.45, 7) is 6.64. The first-order chi connectivity index (χ1) is 9.45. The van der Waals surface area contributed by atoms with E-state index in [9.17, 15) is 8.42 Å². The first-order valence-corrected chi connectivity index (χ1v) is 9.16. The van der Waals surface area contributed by atoms with E-state index in [1.807, 2.05) is 19.9 Å². The Kier molecular flexibility index (Phi) is 5.19. The summed E-state index contributed by atoms with van der Waals surface area (Å²) in [5, 5.41) is 3.19.